The molecule has 0 radical (unpaired) electrons. The van der Waals surface area contributed by atoms with Gasteiger partial charge in [0.15, 0.2) is 0 Å². The SMILES string of the molecule is CN(C)Cc1cccc(C(=O)N2CCNCC2c2cccc(F)c2)c1.Cl.Cl. The Kier molecular flexibility index (Phi) is 9.19. The third-order valence-electron chi connectivity index (χ3n) is 4.41. The molecule has 1 aliphatic rings. The van der Waals surface area contributed by atoms with Crippen molar-refractivity contribution in [3.63, 3.8) is 0 Å². The van der Waals surface area contributed by atoms with E-state index in [-0.39, 0.29) is 42.6 Å². The third kappa shape index (κ3) is 5.91. The van der Waals surface area contributed by atoms with Crippen LogP contribution in [-0.4, -0.2) is 49.4 Å². The number of hydrogen-bond donors (Lipinski definition) is 1. The molecule has 0 bridgehead atoms. The van der Waals surface area contributed by atoms with E-state index in [1.165, 1.54) is 12.1 Å². The Morgan fingerprint density at radius 3 is 2.63 bits per heavy atom. The molecule has 4 nitrogen and oxygen atoms in total. The second-order valence-corrected chi connectivity index (χ2v) is 6.71. The van der Waals surface area contributed by atoms with Crippen LogP contribution < -0.4 is 5.32 Å². The maximum absolute atomic E-state index is 13.6. The molecule has 148 valence electrons. The molecule has 0 aromatic heterocycles. The largest absolute Gasteiger partial charge is 0.329 e. The van der Waals surface area contributed by atoms with E-state index in [2.05, 4.69) is 10.2 Å². The second kappa shape index (κ2) is 10.6. The molecule has 1 heterocycles. The molecule has 1 fully saturated rings. The molecule has 1 saturated heterocycles. The summed E-state index contributed by atoms with van der Waals surface area (Å²) in [5, 5.41) is 3.30. The van der Waals surface area contributed by atoms with Crippen LogP contribution in [-0.2, 0) is 6.54 Å². The van der Waals surface area contributed by atoms with Crippen molar-refractivity contribution in [2.75, 3.05) is 33.7 Å². The van der Waals surface area contributed by atoms with Gasteiger partial charge < -0.3 is 15.1 Å². The van der Waals surface area contributed by atoms with Crippen molar-refractivity contribution >= 4 is 30.7 Å². The Labute approximate surface area is 172 Å². The number of carbonyl (C=O) groups excluding carboxylic acids is 1. The molecule has 2 aromatic carbocycles. The first-order valence-corrected chi connectivity index (χ1v) is 8.55. The molecule has 1 unspecified atom stereocenters. The molecule has 3 rings (SSSR count). The summed E-state index contributed by atoms with van der Waals surface area (Å²) in [6, 6.07) is 14.1. The van der Waals surface area contributed by atoms with Crippen LogP contribution in [0, 0.1) is 5.82 Å². The minimum absolute atomic E-state index is 0. The normalized spacial score (nSPS) is 16.4. The molecule has 1 aliphatic heterocycles. The summed E-state index contributed by atoms with van der Waals surface area (Å²) < 4.78 is 13.6. The Hall–Kier alpha value is -1.66. The molecular weight excluding hydrogens is 388 g/mol. The fourth-order valence-corrected chi connectivity index (χ4v) is 3.29. The van der Waals surface area contributed by atoms with Crippen molar-refractivity contribution in [1.29, 1.82) is 0 Å². The van der Waals surface area contributed by atoms with Gasteiger partial charge in [0.1, 0.15) is 5.82 Å². The maximum Gasteiger partial charge on any atom is 0.254 e. The van der Waals surface area contributed by atoms with Gasteiger partial charge in [-0.1, -0.05) is 24.3 Å². The summed E-state index contributed by atoms with van der Waals surface area (Å²) in [6.07, 6.45) is 0. The molecule has 1 N–H and O–H groups in total. The van der Waals surface area contributed by atoms with E-state index in [9.17, 15) is 9.18 Å². The minimum atomic E-state index is -0.275. The van der Waals surface area contributed by atoms with Crippen LogP contribution in [0.2, 0.25) is 0 Å². The van der Waals surface area contributed by atoms with Gasteiger partial charge in [-0.2, -0.15) is 0 Å². The lowest BCUT2D eigenvalue weighted by atomic mass is 10.0. The number of rotatable bonds is 4. The highest BCUT2D eigenvalue weighted by molar-refractivity contribution is 5.94. The van der Waals surface area contributed by atoms with E-state index in [0.29, 0.717) is 18.7 Å². The zero-order chi connectivity index (χ0) is 17.8. The van der Waals surface area contributed by atoms with E-state index < -0.39 is 0 Å². The van der Waals surface area contributed by atoms with E-state index in [4.69, 9.17) is 0 Å². The lowest BCUT2D eigenvalue weighted by Gasteiger charge is -2.36. The highest BCUT2D eigenvalue weighted by Gasteiger charge is 2.28. The highest BCUT2D eigenvalue weighted by Crippen LogP contribution is 2.25. The van der Waals surface area contributed by atoms with Gasteiger partial charge >= 0.3 is 0 Å². The van der Waals surface area contributed by atoms with Crippen LogP contribution in [0.15, 0.2) is 48.5 Å². The molecule has 1 atom stereocenters. The van der Waals surface area contributed by atoms with Crippen LogP contribution in [0.5, 0.6) is 0 Å². The summed E-state index contributed by atoms with van der Waals surface area (Å²) >= 11 is 0. The molecule has 0 spiro atoms. The van der Waals surface area contributed by atoms with Crippen molar-refractivity contribution < 1.29 is 9.18 Å². The minimum Gasteiger partial charge on any atom is -0.329 e. The van der Waals surface area contributed by atoms with Crippen molar-refractivity contribution in [2.24, 2.45) is 0 Å². The van der Waals surface area contributed by atoms with E-state index in [1.807, 2.05) is 49.3 Å². The number of hydrogen-bond acceptors (Lipinski definition) is 3. The van der Waals surface area contributed by atoms with Gasteiger partial charge in [0.2, 0.25) is 0 Å². The number of piperazine rings is 1. The average molecular weight is 414 g/mol. The van der Waals surface area contributed by atoms with Gasteiger partial charge in [0, 0.05) is 31.7 Å². The predicted octanol–water partition coefficient (Wildman–Crippen LogP) is 3.52. The fourth-order valence-electron chi connectivity index (χ4n) is 3.29. The Morgan fingerprint density at radius 1 is 1.19 bits per heavy atom. The lowest BCUT2D eigenvalue weighted by molar-refractivity contribution is 0.0633. The lowest BCUT2D eigenvalue weighted by Crippen LogP contribution is -2.48. The summed E-state index contributed by atoms with van der Waals surface area (Å²) in [5.41, 5.74) is 2.61. The molecule has 1 amide bonds. The number of nitrogens with one attached hydrogen (secondary N) is 1. The Morgan fingerprint density at radius 2 is 1.93 bits per heavy atom. The first-order valence-electron chi connectivity index (χ1n) is 8.55. The summed E-state index contributed by atoms with van der Waals surface area (Å²) in [6.45, 7) is 2.77. The zero-order valence-corrected chi connectivity index (χ0v) is 17.2. The first-order chi connectivity index (χ1) is 12.0. The van der Waals surface area contributed by atoms with Crippen molar-refractivity contribution in [1.82, 2.24) is 15.1 Å². The van der Waals surface area contributed by atoms with Crippen LogP contribution >= 0.6 is 24.8 Å². The van der Waals surface area contributed by atoms with Gasteiger partial charge in [0.25, 0.3) is 5.91 Å². The van der Waals surface area contributed by atoms with E-state index >= 15 is 0 Å². The van der Waals surface area contributed by atoms with E-state index in [1.54, 1.807) is 6.07 Å². The van der Waals surface area contributed by atoms with Gasteiger partial charge in [-0.3, -0.25) is 4.79 Å². The number of benzene rings is 2. The summed E-state index contributed by atoms with van der Waals surface area (Å²) in [7, 11) is 4.01. The summed E-state index contributed by atoms with van der Waals surface area (Å²) in [5.74, 6) is -0.278. The van der Waals surface area contributed by atoms with Crippen molar-refractivity contribution in [3.05, 3.63) is 71.0 Å². The molecule has 2 aromatic rings. The monoisotopic (exact) mass is 413 g/mol. The fraction of sp³-hybridized carbons (Fsp3) is 0.350. The van der Waals surface area contributed by atoms with Crippen LogP contribution in [0.4, 0.5) is 4.39 Å². The highest BCUT2D eigenvalue weighted by atomic mass is 35.5. The topological polar surface area (TPSA) is 35.6 Å². The smallest absolute Gasteiger partial charge is 0.254 e. The number of carbonyl (C=O) groups is 1. The van der Waals surface area contributed by atoms with Crippen molar-refractivity contribution in [3.8, 4) is 0 Å². The predicted molar refractivity (Wildman–Crippen MR) is 111 cm³/mol. The zero-order valence-electron chi connectivity index (χ0n) is 15.5. The Balaban J connectivity index is 0.00000182. The maximum atomic E-state index is 13.6. The first kappa shape index (κ1) is 23.4. The van der Waals surface area contributed by atoms with Gasteiger partial charge in [-0.05, 0) is 49.5 Å². The van der Waals surface area contributed by atoms with Gasteiger partial charge in [-0.15, -0.1) is 24.8 Å². The number of nitrogens with zero attached hydrogens (tertiary/aromatic N) is 2. The quantitative estimate of drug-likeness (QED) is 0.832. The van der Waals surface area contributed by atoms with E-state index in [0.717, 1.165) is 24.2 Å². The second-order valence-electron chi connectivity index (χ2n) is 6.71. The van der Waals surface area contributed by atoms with Crippen LogP contribution in [0.25, 0.3) is 0 Å². The number of halogens is 3. The molecule has 7 heteroatoms. The van der Waals surface area contributed by atoms with Crippen LogP contribution in [0.3, 0.4) is 0 Å². The van der Waals surface area contributed by atoms with Gasteiger partial charge in [0.05, 0.1) is 6.04 Å². The molecule has 27 heavy (non-hydrogen) atoms. The summed E-state index contributed by atoms with van der Waals surface area (Å²) in [4.78, 5) is 17.0. The third-order valence-corrected chi connectivity index (χ3v) is 4.41. The molecule has 0 aliphatic carbocycles. The molecule has 0 saturated carbocycles. The standard InChI is InChI=1S/C20H24FN3O.2ClH/c1-23(2)14-15-5-3-7-17(11-15)20(25)24-10-9-22-13-19(24)16-6-4-8-18(21)12-16;;/h3-8,11-12,19,22H,9-10,13-14H2,1-2H3;2*1H. The molecular formula is C20H26Cl2FN3O. The number of amides is 1. The Bertz CT molecular complexity index is 758. The average Bonchev–Trinajstić information content (AvgIpc) is 2.61. The van der Waals surface area contributed by atoms with Gasteiger partial charge in [-0.25, -0.2) is 4.39 Å². The van der Waals surface area contributed by atoms with Crippen LogP contribution in [0.1, 0.15) is 27.5 Å². The van der Waals surface area contributed by atoms with Crippen molar-refractivity contribution in [2.45, 2.75) is 12.6 Å².